The molecule has 0 saturated carbocycles. The Morgan fingerprint density at radius 3 is 2.67 bits per heavy atom. The van der Waals surface area contributed by atoms with E-state index in [2.05, 4.69) is 10.6 Å². The van der Waals surface area contributed by atoms with E-state index in [1.165, 1.54) is 13.2 Å². The monoisotopic (exact) mass is 371 g/mol. The lowest BCUT2D eigenvalue weighted by Gasteiger charge is -2.12. The summed E-state index contributed by atoms with van der Waals surface area (Å²) in [5, 5.41) is 14.6. The van der Waals surface area contributed by atoms with E-state index in [-0.39, 0.29) is 12.5 Å². The highest BCUT2D eigenvalue weighted by Gasteiger charge is 2.09. The van der Waals surface area contributed by atoms with Gasteiger partial charge in [-0.25, -0.2) is 4.39 Å². The molecule has 1 amide bonds. The fourth-order valence-electron chi connectivity index (χ4n) is 2.43. The largest absolute Gasteiger partial charge is 0.493 e. The topological polar surface area (TPSA) is 83.4 Å². The summed E-state index contributed by atoms with van der Waals surface area (Å²) in [4.78, 5) is 11.5. The van der Waals surface area contributed by atoms with Gasteiger partial charge in [0.25, 0.3) is 5.91 Å². The van der Waals surface area contributed by atoms with Crippen molar-refractivity contribution in [2.24, 2.45) is 0 Å². The predicted molar refractivity (Wildman–Crippen MR) is 98.8 cm³/mol. The molecule has 2 aromatic rings. The lowest BCUT2D eigenvalue weighted by atomic mass is 10.1. The molecule has 27 heavy (non-hydrogen) atoms. The molecule has 6 nitrogen and oxygen atoms in total. The first-order chi connectivity index (χ1) is 13.1. The second-order valence-electron chi connectivity index (χ2n) is 5.75. The molecule has 0 atom stereocenters. The first-order valence-electron chi connectivity index (χ1n) is 8.53. The molecule has 7 heteroatoms. The van der Waals surface area contributed by atoms with Crippen molar-refractivity contribution in [1.82, 2.24) is 10.6 Å². The maximum Gasteiger partial charge on any atom is 0.257 e. The molecule has 0 spiro atoms. The van der Waals surface area contributed by atoms with E-state index in [9.17, 15) is 9.18 Å². The van der Waals surface area contributed by atoms with Crippen molar-refractivity contribution in [3.05, 3.63) is 58.9 Å². The Morgan fingerprint density at radius 1 is 1.19 bits per heavy atom. The highest BCUT2D eigenvalue weighted by atomic mass is 19.1. The lowest BCUT2D eigenvalue weighted by molar-refractivity contribution is -0.123. The van der Waals surface area contributed by atoms with Gasteiger partial charge in [0.2, 0.25) is 0 Å². The predicted octanol–water partition coefficient (Wildman–Crippen LogP) is 2.51. The molecule has 0 heterocycles. The Morgan fingerprint density at radius 2 is 2.00 bits per heavy atom. The number of halogens is 1. The first-order valence-corrected chi connectivity index (χ1v) is 8.53. The normalized spacial score (nSPS) is 10.1. The number of methoxy groups -OCH3 is 1. The van der Waals surface area contributed by atoms with E-state index >= 15 is 0 Å². The second kappa shape index (κ2) is 10.1. The fraction of sp³-hybridized carbons (Fsp3) is 0.300. The average Bonchev–Trinajstić information content (AvgIpc) is 2.68. The van der Waals surface area contributed by atoms with Crippen LogP contribution in [0.15, 0.2) is 36.4 Å². The number of nitriles is 1. The zero-order valence-corrected chi connectivity index (χ0v) is 15.3. The maximum atomic E-state index is 13.9. The van der Waals surface area contributed by atoms with Crippen LogP contribution in [0.2, 0.25) is 0 Å². The van der Waals surface area contributed by atoms with E-state index in [4.69, 9.17) is 14.7 Å². The second-order valence-corrected chi connectivity index (χ2v) is 5.75. The highest BCUT2D eigenvalue weighted by Crippen LogP contribution is 2.28. The summed E-state index contributed by atoms with van der Waals surface area (Å²) in [5.74, 6) is 0.386. The number of hydrogen-bond acceptors (Lipinski definition) is 5. The Labute approximate surface area is 157 Å². The fourth-order valence-corrected chi connectivity index (χ4v) is 2.43. The third-order valence-electron chi connectivity index (χ3n) is 3.79. The van der Waals surface area contributed by atoms with Crippen molar-refractivity contribution in [3.63, 3.8) is 0 Å². The summed E-state index contributed by atoms with van der Waals surface area (Å²) in [6.07, 6.45) is 0. The number of nitrogens with one attached hydrogen (secondary N) is 2. The van der Waals surface area contributed by atoms with Crippen LogP contribution in [-0.4, -0.2) is 26.2 Å². The minimum atomic E-state index is -0.409. The maximum absolute atomic E-state index is 13.9. The average molecular weight is 371 g/mol. The van der Waals surface area contributed by atoms with E-state index in [1.54, 1.807) is 24.3 Å². The third kappa shape index (κ3) is 5.97. The number of carbonyl (C=O) groups is 1. The summed E-state index contributed by atoms with van der Waals surface area (Å²) in [6.45, 7) is 3.12. The van der Waals surface area contributed by atoms with Gasteiger partial charge in [0.15, 0.2) is 18.1 Å². The van der Waals surface area contributed by atoms with Crippen LogP contribution in [0, 0.1) is 17.1 Å². The molecule has 0 aromatic heterocycles. The van der Waals surface area contributed by atoms with Gasteiger partial charge in [-0.1, -0.05) is 12.1 Å². The van der Waals surface area contributed by atoms with Gasteiger partial charge in [0, 0.05) is 25.2 Å². The molecule has 0 unspecified atom stereocenters. The minimum absolute atomic E-state index is 0.0836. The Bertz CT molecular complexity index is 834. The molecule has 0 saturated heterocycles. The van der Waals surface area contributed by atoms with Gasteiger partial charge in [-0.05, 0) is 36.8 Å². The van der Waals surface area contributed by atoms with E-state index in [1.807, 2.05) is 19.1 Å². The van der Waals surface area contributed by atoms with Crippen molar-refractivity contribution in [2.45, 2.75) is 20.0 Å². The van der Waals surface area contributed by atoms with Crippen LogP contribution < -0.4 is 20.1 Å². The molecule has 2 rings (SSSR count). The summed E-state index contributed by atoms with van der Waals surface area (Å²) >= 11 is 0. The van der Waals surface area contributed by atoms with E-state index in [0.717, 1.165) is 5.56 Å². The van der Waals surface area contributed by atoms with Crippen LogP contribution in [0.5, 0.6) is 11.5 Å². The van der Waals surface area contributed by atoms with Gasteiger partial charge in [0.1, 0.15) is 5.82 Å². The highest BCUT2D eigenvalue weighted by molar-refractivity contribution is 5.77. The minimum Gasteiger partial charge on any atom is -0.493 e. The number of nitrogens with zero attached hydrogens (tertiary/aromatic N) is 1. The molecule has 2 aromatic carbocycles. The Balaban J connectivity index is 1.93. The van der Waals surface area contributed by atoms with Crippen LogP contribution in [0.25, 0.3) is 0 Å². The molecule has 0 aliphatic heterocycles. The smallest absolute Gasteiger partial charge is 0.257 e. The SMILES string of the molecule is CCNC(=O)COc1ccc(CNCc2ccc(C#N)cc2F)cc1OC. The number of benzene rings is 2. The van der Waals surface area contributed by atoms with Crippen LogP contribution in [-0.2, 0) is 17.9 Å². The molecule has 0 bridgehead atoms. The van der Waals surface area contributed by atoms with Crippen molar-refractivity contribution in [2.75, 3.05) is 20.3 Å². The zero-order valence-electron chi connectivity index (χ0n) is 15.3. The van der Waals surface area contributed by atoms with Gasteiger partial charge in [-0.15, -0.1) is 0 Å². The van der Waals surface area contributed by atoms with E-state index in [0.29, 0.717) is 42.3 Å². The Hall–Kier alpha value is -3.11. The quantitative estimate of drug-likeness (QED) is 0.708. The summed E-state index contributed by atoms with van der Waals surface area (Å²) < 4.78 is 24.7. The van der Waals surface area contributed by atoms with Gasteiger partial charge in [-0.3, -0.25) is 4.79 Å². The van der Waals surface area contributed by atoms with Crippen LogP contribution in [0.4, 0.5) is 4.39 Å². The van der Waals surface area contributed by atoms with Crippen molar-refractivity contribution >= 4 is 5.91 Å². The first kappa shape index (κ1) is 20.2. The summed E-state index contributed by atoms with van der Waals surface area (Å²) in [6, 6.07) is 11.7. The number of ether oxygens (including phenoxy) is 2. The van der Waals surface area contributed by atoms with Crippen molar-refractivity contribution in [3.8, 4) is 17.6 Å². The van der Waals surface area contributed by atoms with Gasteiger partial charge >= 0.3 is 0 Å². The molecule has 2 N–H and O–H groups in total. The number of hydrogen-bond donors (Lipinski definition) is 2. The number of carbonyl (C=O) groups excluding carboxylic acids is 1. The van der Waals surface area contributed by atoms with Crippen molar-refractivity contribution in [1.29, 1.82) is 5.26 Å². The molecule has 0 aliphatic carbocycles. The van der Waals surface area contributed by atoms with Gasteiger partial charge in [-0.2, -0.15) is 5.26 Å². The lowest BCUT2D eigenvalue weighted by Crippen LogP contribution is -2.28. The van der Waals surface area contributed by atoms with Crippen molar-refractivity contribution < 1.29 is 18.7 Å². The third-order valence-corrected chi connectivity index (χ3v) is 3.79. The van der Waals surface area contributed by atoms with Gasteiger partial charge < -0.3 is 20.1 Å². The number of likely N-dealkylation sites (N-methyl/N-ethyl adjacent to an activating group) is 1. The standard InChI is InChI=1S/C20H22FN3O3/c1-3-24-20(25)13-27-18-7-5-15(9-19(18)26-2)11-23-12-16-6-4-14(10-22)8-17(16)21/h4-9,23H,3,11-13H2,1-2H3,(H,24,25). The van der Waals surface area contributed by atoms with Crippen LogP contribution >= 0.6 is 0 Å². The molecular formula is C20H22FN3O3. The van der Waals surface area contributed by atoms with E-state index < -0.39 is 5.82 Å². The molecular weight excluding hydrogens is 349 g/mol. The van der Waals surface area contributed by atoms with Crippen LogP contribution in [0.3, 0.4) is 0 Å². The number of rotatable bonds is 9. The molecule has 0 fully saturated rings. The summed E-state index contributed by atoms with van der Waals surface area (Å²) in [5.41, 5.74) is 1.71. The molecule has 0 radical (unpaired) electrons. The number of amides is 1. The molecule has 0 aliphatic rings. The Kier molecular flexibility index (Phi) is 7.59. The molecule has 142 valence electrons. The zero-order chi connectivity index (χ0) is 19.6. The summed E-state index contributed by atoms with van der Waals surface area (Å²) in [7, 11) is 1.53. The van der Waals surface area contributed by atoms with Crippen LogP contribution in [0.1, 0.15) is 23.6 Å². The van der Waals surface area contributed by atoms with Gasteiger partial charge in [0.05, 0.1) is 18.7 Å².